The summed E-state index contributed by atoms with van der Waals surface area (Å²) in [6, 6.07) is 16.1. The van der Waals surface area contributed by atoms with Crippen LogP contribution >= 0.6 is 0 Å². The second kappa shape index (κ2) is 8.31. The third-order valence-corrected chi connectivity index (χ3v) is 3.63. The highest BCUT2D eigenvalue weighted by molar-refractivity contribution is 6.02. The zero-order valence-electron chi connectivity index (χ0n) is 14.2. The number of benzene rings is 2. The van der Waals surface area contributed by atoms with Crippen LogP contribution in [0.5, 0.6) is 5.75 Å². The number of rotatable bonds is 7. The van der Waals surface area contributed by atoms with Gasteiger partial charge in [-0.1, -0.05) is 0 Å². The monoisotopic (exact) mass is 355 g/mol. The van der Waals surface area contributed by atoms with Gasteiger partial charge in [-0.15, -0.1) is 0 Å². The Labute approximate surface area is 150 Å². The van der Waals surface area contributed by atoms with Crippen LogP contribution in [0.1, 0.15) is 10.6 Å². The van der Waals surface area contributed by atoms with Crippen molar-refractivity contribution in [2.75, 3.05) is 25.6 Å². The summed E-state index contributed by atoms with van der Waals surface area (Å²) in [6.45, 7) is 0.966. The molecule has 0 fully saturated rings. The molecule has 1 heterocycles. The molecule has 0 bridgehead atoms. The van der Waals surface area contributed by atoms with E-state index < -0.39 is 0 Å². The van der Waals surface area contributed by atoms with E-state index in [0.29, 0.717) is 36.0 Å². The molecular formula is C20H18FNO4. The Balaban J connectivity index is 1.62. The van der Waals surface area contributed by atoms with E-state index in [1.165, 1.54) is 12.1 Å². The van der Waals surface area contributed by atoms with E-state index in [1.54, 1.807) is 55.6 Å². The molecule has 0 aliphatic rings. The quantitative estimate of drug-likeness (QED) is 0.640. The molecule has 1 aromatic heterocycles. The van der Waals surface area contributed by atoms with Crippen LogP contribution in [0.4, 0.5) is 10.1 Å². The lowest BCUT2D eigenvalue weighted by molar-refractivity contribution is 0.0997. The molecule has 0 unspecified atom stereocenters. The highest BCUT2D eigenvalue weighted by atomic mass is 19.1. The van der Waals surface area contributed by atoms with Crippen molar-refractivity contribution in [1.82, 2.24) is 0 Å². The minimum absolute atomic E-state index is 0.171. The van der Waals surface area contributed by atoms with Crippen molar-refractivity contribution in [3.63, 3.8) is 0 Å². The normalized spacial score (nSPS) is 10.5. The highest BCUT2D eigenvalue weighted by Crippen LogP contribution is 2.23. The van der Waals surface area contributed by atoms with Crippen molar-refractivity contribution in [3.8, 4) is 17.1 Å². The number of amides is 1. The Kier molecular flexibility index (Phi) is 5.66. The Morgan fingerprint density at radius 2 is 1.73 bits per heavy atom. The Morgan fingerprint density at radius 3 is 2.42 bits per heavy atom. The summed E-state index contributed by atoms with van der Waals surface area (Å²) >= 11 is 0. The van der Waals surface area contributed by atoms with Gasteiger partial charge in [-0.25, -0.2) is 4.39 Å². The number of methoxy groups -OCH3 is 1. The highest BCUT2D eigenvalue weighted by Gasteiger charge is 2.12. The predicted molar refractivity (Wildman–Crippen MR) is 95.9 cm³/mol. The first kappa shape index (κ1) is 17.7. The number of halogens is 1. The SMILES string of the molecule is COCCOc1ccc(NC(=O)c2ccc(-c3ccc(F)cc3)o2)cc1. The lowest BCUT2D eigenvalue weighted by atomic mass is 10.2. The maximum absolute atomic E-state index is 13.0. The first-order valence-corrected chi connectivity index (χ1v) is 8.04. The van der Waals surface area contributed by atoms with Gasteiger partial charge in [0.25, 0.3) is 5.91 Å². The zero-order chi connectivity index (χ0) is 18.4. The van der Waals surface area contributed by atoms with Gasteiger partial charge < -0.3 is 19.2 Å². The van der Waals surface area contributed by atoms with Gasteiger partial charge in [0.05, 0.1) is 6.61 Å². The number of nitrogens with one attached hydrogen (secondary N) is 1. The van der Waals surface area contributed by atoms with Crippen LogP contribution in [0.15, 0.2) is 65.1 Å². The van der Waals surface area contributed by atoms with Gasteiger partial charge in [-0.05, 0) is 60.7 Å². The van der Waals surface area contributed by atoms with Crippen molar-refractivity contribution in [2.45, 2.75) is 0 Å². The smallest absolute Gasteiger partial charge is 0.291 e. The van der Waals surface area contributed by atoms with Crippen LogP contribution in [0, 0.1) is 5.82 Å². The minimum atomic E-state index is -0.369. The standard InChI is InChI=1S/C20H18FNO4/c1-24-12-13-25-17-8-6-16(7-9-17)22-20(23)19-11-10-18(26-19)14-2-4-15(21)5-3-14/h2-11H,12-13H2,1H3,(H,22,23). The van der Waals surface area contributed by atoms with Crippen LogP contribution in [-0.4, -0.2) is 26.2 Å². The zero-order valence-corrected chi connectivity index (χ0v) is 14.2. The van der Waals surface area contributed by atoms with E-state index in [4.69, 9.17) is 13.9 Å². The Morgan fingerprint density at radius 1 is 1.00 bits per heavy atom. The average molecular weight is 355 g/mol. The molecule has 26 heavy (non-hydrogen) atoms. The topological polar surface area (TPSA) is 60.7 Å². The van der Waals surface area contributed by atoms with Crippen LogP contribution in [0.2, 0.25) is 0 Å². The van der Waals surface area contributed by atoms with Crippen LogP contribution in [-0.2, 0) is 4.74 Å². The second-order valence-electron chi connectivity index (χ2n) is 5.49. The number of furan rings is 1. The molecule has 2 aromatic carbocycles. The molecule has 1 N–H and O–H groups in total. The largest absolute Gasteiger partial charge is 0.491 e. The molecular weight excluding hydrogens is 337 g/mol. The van der Waals surface area contributed by atoms with E-state index in [-0.39, 0.29) is 17.5 Å². The van der Waals surface area contributed by atoms with Crippen molar-refractivity contribution < 1.29 is 23.1 Å². The van der Waals surface area contributed by atoms with E-state index in [1.807, 2.05) is 0 Å². The maximum Gasteiger partial charge on any atom is 0.291 e. The third-order valence-electron chi connectivity index (χ3n) is 3.63. The summed E-state index contributed by atoms with van der Waals surface area (Å²) in [5, 5.41) is 2.75. The van der Waals surface area contributed by atoms with Crippen molar-refractivity contribution in [2.24, 2.45) is 0 Å². The number of hydrogen-bond acceptors (Lipinski definition) is 4. The molecule has 6 heteroatoms. The number of hydrogen-bond donors (Lipinski definition) is 1. The first-order valence-electron chi connectivity index (χ1n) is 8.04. The molecule has 134 valence electrons. The summed E-state index contributed by atoms with van der Waals surface area (Å²) in [4.78, 5) is 12.3. The fourth-order valence-corrected chi connectivity index (χ4v) is 2.30. The molecule has 0 aliphatic heterocycles. The lowest BCUT2D eigenvalue weighted by Gasteiger charge is -2.07. The number of anilines is 1. The molecule has 5 nitrogen and oxygen atoms in total. The lowest BCUT2D eigenvalue weighted by Crippen LogP contribution is -2.10. The molecule has 0 saturated heterocycles. The summed E-state index contributed by atoms with van der Waals surface area (Å²) in [5.41, 5.74) is 1.32. The number of carbonyl (C=O) groups excluding carboxylic acids is 1. The van der Waals surface area contributed by atoms with Crippen molar-refractivity contribution >= 4 is 11.6 Å². The summed E-state index contributed by atoms with van der Waals surface area (Å²) < 4.78 is 28.9. The van der Waals surface area contributed by atoms with Crippen LogP contribution in [0.25, 0.3) is 11.3 Å². The Bertz CT molecular complexity index is 856. The fourth-order valence-electron chi connectivity index (χ4n) is 2.30. The summed E-state index contributed by atoms with van der Waals surface area (Å²) in [7, 11) is 1.61. The molecule has 0 saturated carbocycles. The first-order chi connectivity index (χ1) is 12.7. The van der Waals surface area contributed by atoms with Crippen LogP contribution < -0.4 is 10.1 Å². The van der Waals surface area contributed by atoms with Crippen molar-refractivity contribution in [3.05, 3.63) is 72.2 Å². The van der Waals surface area contributed by atoms with Crippen molar-refractivity contribution in [1.29, 1.82) is 0 Å². The number of ether oxygens (including phenoxy) is 2. The average Bonchev–Trinajstić information content (AvgIpc) is 3.14. The molecule has 0 aliphatic carbocycles. The van der Waals surface area contributed by atoms with Gasteiger partial charge in [0.15, 0.2) is 5.76 Å². The molecule has 1 amide bonds. The predicted octanol–water partition coefficient (Wildman–Crippen LogP) is 4.36. The second-order valence-corrected chi connectivity index (χ2v) is 5.49. The van der Waals surface area contributed by atoms with Gasteiger partial charge in [0.2, 0.25) is 0 Å². The van der Waals surface area contributed by atoms with Crippen LogP contribution in [0.3, 0.4) is 0 Å². The van der Waals surface area contributed by atoms with Gasteiger partial charge in [0.1, 0.15) is 23.9 Å². The molecule has 3 aromatic rings. The molecule has 3 rings (SSSR count). The van der Waals surface area contributed by atoms with Gasteiger partial charge in [-0.2, -0.15) is 0 Å². The molecule has 0 spiro atoms. The van der Waals surface area contributed by atoms with E-state index in [0.717, 1.165) is 0 Å². The summed E-state index contributed by atoms with van der Waals surface area (Å²) in [6.07, 6.45) is 0. The van der Waals surface area contributed by atoms with Gasteiger partial charge in [-0.3, -0.25) is 4.79 Å². The minimum Gasteiger partial charge on any atom is -0.491 e. The molecule has 0 atom stereocenters. The number of carbonyl (C=O) groups is 1. The Hall–Kier alpha value is -3.12. The third kappa shape index (κ3) is 4.49. The van der Waals surface area contributed by atoms with E-state index >= 15 is 0 Å². The summed E-state index contributed by atoms with van der Waals surface area (Å²) in [5.74, 6) is 0.665. The van der Waals surface area contributed by atoms with Gasteiger partial charge >= 0.3 is 0 Å². The van der Waals surface area contributed by atoms with E-state index in [9.17, 15) is 9.18 Å². The fraction of sp³-hybridized carbons (Fsp3) is 0.150. The van der Waals surface area contributed by atoms with Gasteiger partial charge in [0, 0.05) is 18.4 Å². The maximum atomic E-state index is 13.0. The molecule has 0 radical (unpaired) electrons. The van der Waals surface area contributed by atoms with E-state index in [2.05, 4.69) is 5.32 Å².